The van der Waals surface area contributed by atoms with Gasteiger partial charge in [-0.15, -0.1) is 0 Å². The molecule has 1 unspecified atom stereocenters. The van der Waals surface area contributed by atoms with Crippen LogP contribution in [0.1, 0.15) is 96.3 Å². The van der Waals surface area contributed by atoms with E-state index >= 15 is 0 Å². The van der Waals surface area contributed by atoms with Crippen molar-refractivity contribution >= 4 is 35.4 Å². The first kappa shape index (κ1) is 33.6. The molecule has 11 heteroatoms. The van der Waals surface area contributed by atoms with E-state index in [2.05, 4.69) is 17.6 Å². The number of carbonyl (C=O) groups is 5. The van der Waals surface area contributed by atoms with Crippen LogP contribution >= 0.6 is 0 Å². The molecule has 0 spiro atoms. The maximum Gasteiger partial charge on any atom is 0.332 e. The van der Waals surface area contributed by atoms with Gasteiger partial charge in [-0.1, -0.05) is 65.4 Å². The molecule has 2 amide bonds. The summed E-state index contributed by atoms with van der Waals surface area (Å²) in [5, 5.41) is 15.4. The zero-order valence-electron chi connectivity index (χ0n) is 24.7. The lowest BCUT2D eigenvalue weighted by atomic mass is 9.94. The van der Waals surface area contributed by atoms with E-state index in [9.17, 15) is 29.1 Å². The highest BCUT2D eigenvalue weighted by molar-refractivity contribution is 6.02. The summed E-state index contributed by atoms with van der Waals surface area (Å²) in [7, 11) is 0. The summed E-state index contributed by atoms with van der Waals surface area (Å²) in [6, 6.07) is 2.77. The van der Waals surface area contributed by atoms with E-state index in [1.54, 1.807) is 0 Å². The van der Waals surface area contributed by atoms with Crippen LogP contribution in [0.3, 0.4) is 0 Å². The lowest BCUT2D eigenvalue weighted by molar-refractivity contribution is -0.168. The molecule has 1 aromatic carbocycles. The highest BCUT2D eigenvalue weighted by Gasteiger charge is 2.40. The Kier molecular flexibility index (Phi) is 13.6. The summed E-state index contributed by atoms with van der Waals surface area (Å²) >= 11 is 0. The molecule has 41 heavy (non-hydrogen) atoms. The number of aromatic hydroxyl groups is 1. The van der Waals surface area contributed by atoms with Crippen LogP contribution in [0.15, 0.2) is 18.2 Å². The Morgan fingerprint density at radius 2 is 1.80 bits per heavy atom. The van der Waals surface area contributed by atoms with Gasteiger partial charge in [0, 0.05) is 13.3 Å². The summed E-state index contributed by atoms with van der Waals surface area (Å²) < 4.78 is 16.8. The lowest BCUT2D eigenvalue weighted by Gasteiger charge is -2.25. The van der Waals surface area contributed by atoms with Crippen LogP contribution in [-0.4, -0.2) is 59.7 Å². The number of nitrogens with one attached hydrogen (secondary N) is 2. The van der Waals surface area contributed by atoms with Crippen LogP contribution in [0.25, 0.3) is 0 Å². The number of cyclic esters (lactones) is 2. The van der Waals surface area contributed by atoms with Crippen molar-refractivity contribution in [2.45, 2.75) is 104 Å². The molecule has 1 aliphatic rings. The van der Waals surface area contributed by atoms with Crippen LogP contribution in [0.2, 0.25) is 0 Å². The van der Waals surface area contributed by atoms with E-state index in [0.29, 0.717) is 12.8 Å². The van der Waals surface area contributed by atoms with Crippen molar-refractivity contribution in [1.29, 1.82) is 0 Å². The molecular weight excluding hydrogens is 532 g/mol. The Balaban J connectivity index is 2.26. The number of rotatable bonds is 13. The van der Waals surface area contributed by atoms with Crippen molar-refractivity contribution in [3.63, 3.8) is 0 Å². The Labute approximate surface area is 241 Å². The average molecular weight is 577 g/mol. The first-order chi connectivity index (χ1) is 19.5. The number of unbranched alkanes of at least 4 members (excludes halogenated alkanes) is 4. The van der Waals surface area contributed by atoms with Crippen LogP contribution in [0.5, 0.6) is 5.75 Å². The van der Waals surface area contributed by atoms with Gasteiger partial charge in [-0.2, -0.15) is 0 Å². The second-order valence-corrected chi connectivity index (χ2v) is 10.7. The minimum atomic E-state index is -1.41. The lowest BCUT2D eigenvalue weighted by Crippen LogP contribution is -2.49. The molecule has 1 aliphatic heterocycles. The minimum absolute atomic E-state index is 0.0190. The number of esters is 3. The molecule has 0 aromatic heterocycles. The summed E-state index contributed by atoms with van der Waals surface area (Å²) in [5.74, 6) is -4.57. The maximum absolute atomic E-state index is 13.4. The topological polar surface area (TPSA) is 157 Å². The third-order valence-corrected chi connectivity index (χ3v) is 7.16. The second-order valence-electron chi connectivity index (χ2n) is 10.7. The number of anilines is 1. The zero-order chi connectivity index (χ0) is 30.5. The number of phenolic OH excluding ortho intramolecular Hbond substituents is 1. The van der Waals surface area contributed by atoms with Gasteiger partial charge in [0.25, 0.3) is 5.91 Å². The summed E-state index contributed by atoms with van der Waals surface area (Å²) in [4.78, 5) is 63.6. The van der Waals surface area contributed by atoms with Gasteiger partial charge in [0.15, 0.2) is 11.8 Å². The second kappa shape index (κ2) is 16.6. The first-order valence-corrected chi connectivity index (χ1v) is 14.4. The molecule has 1 fully saturated rings. The number of amides is 2. The molecule has 1 heterocycles. The molecule has 1 saturated heterocycles. The zero-order valence-corrected chi connectivity index (χ0v) is 24.7. The molecule has 5 atom stereocenters. The predicted octanol–water partition coefficient (Wildman–Crippen LogP) is 4.26. The van der Waals surface area contributed by atoms with Crippen LogP contribution in [0, 0.1) is 11.8 Å². The van der Waals surface area contributed by atoms with Gasteiger partial charge in [0.2, 0.25) is 5.91 Å². The van der Waals surface area contributed by atoms with E-state index < -0.39 is 59.6 Å². The smallest absolute Gasteiger partial charge is 0.332 e. The number of carbonyl (C=O) groups excluding carboxylic acids is 5. The van der Waals surface area contributed by atoms with E-state index in [4.69, 9.17) is 14.2 Å². The van der Waals surface area contributed by atoms with Crippen molar-refractivity contribution in [1.82, 2.24) is 5.32 Å². The SMILES string of the molecule is CCCCCCC[C@H]1C(=O)O[C@H](C)[C@H](NC(=O)c2cccc(NC(C)=O)c2O)C(=O)OC[C@@H]1OC(=O)CC(C)CC. The van der Waals surface area contributed by atoms with E-state index in [-0.39, 0.29) is 30.2 Å². The maximum atomic E-state index is 13.4. The molecule has 0 saturated carbocycles. The number of para-hydroxylation sites is 1. The molecule has 0 aliphatic carbocycles. The first-order valence-electron chi connectivity index (χ1n) is 14.4. The molecule has 2 rings (SSSR count). The molecule has 0 bridgehead atoms. The van der Waals surface area contributed by atoms with Gasteiger partial charge in [-0.25, -0.2) is 4.79 Å². The third-order valence-electron chi connectivity index (χ3n) is 7.16. The number of benzene rings is 1. The molecule has 3 N–H and O–H groups in total. The van der Waals surface area contributed by atoms with E-state index in [1.807, 2.05) is 13.8 Å². The average Bonchev–Trinajstić information content (AvgIpc) is 2.95. The number of hydrogen-bond acceptors (Lipinski definition) is 9. The molecular formula is C30H44N2O9. The van der Waals surface area contributed by atoms with Gasteiger partial charge in [0.1, 0.15) is 18.8 Å². The Hall–Kier alpha value is -3.63. The third kappa shape index (κ3) is 10.4. The van der Waals surface area contributed by atoms with Gasteiger partial charge < -0.3 is 30.0 Å². The Morgan fingerprint density at radius 1 is 1.10 bits per heavy atom. The monoisotopic (exact) mass is 576 g/mol. The summed E-state index contributed by atoms with van der Waals surface area (Å²) in [6.45, 7) is 8.31. The number of phenols is 1. The van der Waals surface area contributed by atoms with Gasteiger partial charge >= 0.3 is 17.9 Å². The summed E-state index contributed by atoms with van der Waals surface area (Å²) in [6.07, 6.45) is 3.90. The highest BCUT2D eigenvalue weighted by Crippen LogP contribution is 2.28. The van der Waals surface area contributed by atoms with E-state index in [1.165, 1.54) is 32.0 Å². The van der Waals surface area contributed by atoms with Gasteiger partial charge in [-0.05, 0) is 31.4 Å². The van der Waals surface area contributed by atoms with Crippen molar-refractivity contribution in [2.24, 2.45) is 11.8 Å². The quantitative estimate of drug-likeness (QED) is 0.135. The van der Waals surface area contributed by atoms with Gasteiger partial charge in [-0.3, -0.25) is 19.2 Å². The van der Waals surface area contributed by atoms with E-state index in [0.717, 1.165) is 32.1 Å². The Morgan fingerprint density at radius 3 is 2.46 bits per heavy atom. The molecule has 11 nitrogen and oxygen atoms in total. The van der Waals surface area contributed by atoms with Crippen LogP contribution < -0.4 is 10.6 Å². The van der Waals surface area contributed by atoms with Crippen molar-refractivity contribution < 1.29 is 43.3 Å². The van der Waals surface area contributed by atoms with Gasteiger partial charge in [0.05, 0.1) is 17.2 Å². The van der Waals surface area contributed by atoms with Crippen molar-refractivity contribution in [3.8, 4) is 5.75 Å². The van der Waals surface area contributed by atoms with Crippen molar-refractivity contribution in [2.75, 3.05) is 11.9 Å². The highest BCUT2D eigenvalue weighted by atomic mass is 16.6. The molecule has 0 radical (unpaired) electrons. The minimum Gasteiger partial charge on any atom is -0.505 e. The van der Waals surface area contributed by atoms with Crippen LogP contribution in [-0.2, 0) is 33.4 Å². The number of ether oxygens (including phenoxy) is 3. The largest absolute Gasteiger partial charge is 0.505 e. The summed E-state index contributed by atoms with van der Waals surface area (Å²) in [5.41, 5.74) is -0.185. The molecule has 228 valence electrons. The fourth-order valence-electron chi connectivity index (χ4n) is 4.50. The standard InChI is InChI=1S/C30H44N2O9/c1-6-8-9-10-11-13-21-24(41-25(34)16-18(3)7-2)17-39-30(38)26(19(4)40-29(21)37)32-28(36)22-14-12-15-23(27(22)35)31-20(5)33/h12,14-15,18-19,21,24,26,35H,6-11,13,16-17H2,1-5H3,(H,31,33)(H,32,36)/t18?,19-,21-,24+,26+/m1/s1. The normalized spacial score (nSPS) is 21.8. The van der Waals surface area contributed by atoms with Crippen LogP contribution in [0.4, 0.5) is 5.69 Å². The van der Waals surface area contributed by atoms with Crippen molar-refractivity contribution in [3.05, 3.63) is 23.8 Å². The molecule has 1 aromatic rings. The fourth-order valence-corrected chi connectivity index (χ4v) is 4.50. The fraction of sp³-hybridized carbons (Fsp3) is 0.633. The number of hydrogen-bond donors (Lipinski definition) is 3. The predicted molar refractivity (Wildman–Crippen MR) is 151 cm³/mol. The Bertz CT molecular complexity index is 1070.